The summed E-state index contributed by atoms with van der Waals surface area (Å²) < 4.78 is 0. The molecule has 0 aromatic heterocycles. The first-order chi connectivity index (χ1) is 9.04. The molecular formula is C15H30N2O2. The number of nitrogens with zero attached hydrogens (tertiary/aromatic N) is 1. The van der Waals surface area contributed by atoms with Gasteiger partial charge in [0.25, 0.3) is 0 Å². The summed E-state index contributed by atoms with van der Waals surface area (Å²) in [5.41, 5.74) is 0. The van der Waals surface area contributed by atoms with Gasteiger partial charge in [-0.1, -0.05) is 26.2 Å². The number of aliphatic hydroxyl groups is 1. The largest absolute Gasteiger partial charge is 0.393 e. The van der Waals surface area contributed by atoms with E-state index in [1.807, 2.05) is 0 Å². The fourth-order valence-electron chi connectivity index (χ4n) is 2.79. The van der Waals surface area contributed by atoms with E-state index in [4.69, 9.17) is 0 Å². The third-order valence-corrected chi connectivity index (χ3v) is 4.13. The molecule has 0 aliphatic heterocycles. The van der Waals surface area contributed by atoms with Crippen LogP contribution in [0, 0.1) is 5.92 Å². The molecule has 0 bridgehead atoms. The molecule has 112 valence electrons. The highest BCUT2D eigenvalue weighted by Crippen LogP contribution is 2.29. The highest BCUT2D eigenvalue weighted by molar-refractivity contribution is 5.74. The molecule has 4 nitrogen and oxygen atoms in total. The molecule has 3 atom stereocenters. The van der Waals surface area contributed by atoms with Crippen LogP contribution in [0.1, 0.15) is 58.8 Å². The SMILES string of the molecule is CCCCC1CCCC1NC(=O)N(C)CCC(C)O. The van der Waals surface area contributed by atoms with E-state index in [2.05, 4.69) is 12.2 Å². The molecule has 19 heavy (non-hydrogen) atoms. The van der Waals surface area contributed by atoms with E-state index in [1.54, 1.807) is 18.9 Å². The maximum atomic E-state index is 12.1. The van der Waals surface area contributed by atoms with Gasteiger partial charge in [0.2, 0.25) is 0 Å². The molecule has 0 saturated heterocycles. The van der Waals surface area contributed by atoms with Gasteiger partial charge < -0.3 is 15.3 Å². The molecule has 4 heteroatoms. The molecule has 2 amide bonds. The standard InChI is InChI=1S/C15H30N2O2/c1-4-5-7-13-8-6-9-14(13)16-15(19)17(3)11-10-12(2)18/h12-14,18H,4-11H2,1-3H3,(H,16,19). The van der Waals surface area contributed by atoms with Gasteiger partial charge in [0.1, 0.15) is 0 Å². The molecule has 0 aromatic rings. The molecule has 0 aromatic carbocycles. The summed E-state index contributed by atoms with van der Waals surface area (Å²) in [7, 11) is 1.80. The zero-order valence-corrected chi connectivity index (χ0v) is 12.7. The summed E-state index contributed by atoms with van der Waals surface area (Å²) >= 11 is 0. The van der Waals surface area contributed by atoms with Crippen molar-refractivity contribution < 1.29 is 9.90 Å². The first kappa shape index (κ1) is 16.3. The zero-order valence-electron chi connectivity index (χ0n) is 12.7. The number of carbonyl (C=O) groups is 1. The monoisotopic (exact) mass is 270 g/mol. The quantitative estimate of drug-likeness (QED) is 0.747. The number of unbranched alkanes of at least 4 members (excludes halogenated alkanes) is 1. The van der Waals surface area contributed by atoms with Crippen LogP contribution in [0.5, 0.6) is 0 Å². The molecule has 0 radical (unpaired) electrons. The van der Waals surface area contributed by atoms with Gasteiger partial charge in [0, 0.05) is 19.6 Å². The maximum absolute atomic E-state index is 12.1. The Kier molecular flexibility index (Phi) is 7.21. The third kappa shape index (κ3) is 5.81. The summed E-state index contributed by atoms with van der Waals surface area (Å²) in [6.07, 6.45) is 7.61. The number of aliphatic hydroxyl groups excluding tert-OH is 1. The molecule has 1 saturated carbocycles. The van der Waals surface area contributed by atoms with Crippen molar-refractivity contribution in [2.24, 2.45) is 5.92 Å². The number of nitrogens with one attached hydrogen (secondary N) is 1. The van der Waals surface area contributed by atoms with Crippen LogP contribution in [0.3, 0.4) is 0 Å². The van der Waals surface area contributed by atoms with Crippen LogP contribution in [-0.4, -0.2) is 41.8 Å². The van der Waals surface area contributed by atoms with Crippen molar-refractivity contribution >= 4 is 6.03 Å². The van der Waals surface area contributed by atoms with Crippen LogP contribution in [0.15, 0.2) is 0 Å². The molecule has 1 aliphatic carbocycles. The minimum Gasteiger partial charge on any atom is -0.393 e. The lowest BCUT2D eigenvalue weighted by atomic mass is 9.97. The maximum Gasteiger partial charge on any atom is 0.317 e. The zero-order chi connectivity index (χ0) is 14.3. The Labute approximate surface area is 117 Å². The smallest absolute Gasteiger partial charge is 0.317 e. The third-order valence-electron chi connectivity index (χ3n) is 4.13. The lowest BCUT2D eigenvalue weighted by Gasteiger charge is -2.25. The van der Waals surface area contributed by atoms with Crippen molar-refractivity contribution in [1.82, 2.24) is 10.2 Å². The van der Waals surface area contributed by atoms with E-state index in [0.29, 0.717) is 24.9 Å². The predicted molar refractivity (Wildman–Crippen MR) is 78.1 cm³/mol. The van der Waals surface area contributed by atoms with E-state index in [9.17, 15) is 9.90 Å². The van der Waals surface area contributed by atoms with Crippen molar-refractivity contribution in [2.45, 2.75) is 70.9 Å². The molecule has 0 heterocycles. The van der Waals surface area contributed by atoms with Crippen LogP contribution in [0.2, 0.25) is 0 Å². The van der Waals surface area contributed by atoms with Crippen LogP contribution in [0.4, 0.5) is 4.79 Å². The minimum absolute atomic E-state index is 0.00838. The second-order valence-corrected chi connectivity index (χ2v) is 5.95. The van der Waals surface area contributed by atoms with Crippen molar-refractivity contribution in [2.75, 3.05) is 13.6 Å². The second kappa shape index (κ2) is 8.41. The van der Waals surface area contributed by atoms with Crippen LogP contribution < -0.4 is 5.32 Å². The molecular weight excluding hydrogens is 240 g/mol. The number of rotatable bonds is 7. The van der Waals surface area contributed by atoms with E-state index in [1.165, 1.54) is 32.1 Å². The molecule has 3 unspecified atom stereocenters. The summed E-state index contributed by atoms with van der Waals surface area (Å²) in [5, 5.41) is 12.4. The molecule has 0 spiro atoms. The lowest BCUT2D eigenvalue weighted by molar-refractivity contribution is 0.161. The van der Waals surface area contributed by atoms with E-state index < -0.39 is 0 Å². The van der Waals surface area contributed by atoms with E-state index in [0.717, 1.165) is 6.42 Å². The van der Waals surface area contributed by atoms with Crippen LogP contribution >= 0.6 is 0 Å². The van der Waals surface area contributed by atoms with Crippen molar-refractivity contribution in [3.05, 3.63) is 0 Å². The molecule has 1 fully saturated rings. The highest BCUT2D eigenvalue weighted by atomic mass is 16.3. The molecule has 1 aliphatic rings. The average molecular weight is 270 g/mol. The van der Waals surface area contributed by atoms with Crippen molar-refractivity contribution in [3.63, 3.8) is 0 Å². The average Bonchev–Trinajstić information content (AvgIpc) is 2.80. The first-order valence-corrected chi connectivity index (χ1v) is 7.74. The van der Waals surface area contributed by atoms with Crippen molar-refractivity contribution in [3.8, 4) is 0 Å². The van der Waals surface area contributed by atoms with E-state index in [-0.39, 0.29) is 12.1 Å². The van der Waals surface area contributed by atoms with Crippen LogP contribution in [-0.2, 0) is 0 Å². The fraction of sp³-hybridized carbons (Fsp3) is 0.933. The molecule has 2 N–H and O–H groups in total. The van der Waals surface area contributed by atoms with Crippen LogP contribution in [0.25, 0.3) is 0 Å². The second-order valence-electron chi connectivity index (χ2n) is 5.95. The minimum atomic E-state index is -0.348. The Morgan fingerprint density at radius 2 is 2.21 bits per heavy atom. The fourth-order valence-corrected chi connectivity index (χ4v) is 2.79. The normalized spacial score (nSPS) is 24.2. The topological polar surface area (TPSA) is 52.6 Å². The van der Waals surface area contributed by atoms with Gasteiger partial charge in [-0.2, -0.15) is 0 Å². The Morgan fingerprint density at radius 1 is 1.47 bits per heavy atom. The van der Waals surface area contributed by atoms with Gasteiger partial charge in [-0.3, -0.25) is 0 Å². The number of hydrogen-bond donors (Lipinski definition) is 2. The van der Waals surface area contributed by atoms with Gasteiger partial charge in [0.05, 0.1) is 6.10 Å². The first-order valence-electron chi connectivity index (χ1n) is 7.74. The lowest BCUT2D eigenvalue weighted by Crippen LogP contribution is -2.45. The number of carbonyl (C=O) groups excluding carboxylic acids is 1. The van der Waals surface area contributed by atoms with Gasteiger partial charge in [0.15, 0.2) is 0 Å². The summed E-state index contributed by atoms with van der Waals surface area (Å²) in [6, 6.07) is 0.363. The van der Waals surface area contributed by atoms with Gasteiger partial charge in [-0.05, 0) is 38.5 Å². The number of hydrogen-bond acceptors (Lipinski definition) is 2. The predicted octanol–water partition coefficient (Wildman–Crippen LogP) is 2.76. The Bertz CT molecular complexity index is 269. The van der Waals surface area contributed by atoms with Crippen molar-refractivity contribution in [1.29, 1.82) is 0 Å². The van der Waals surface area contributed by atoms with Gasteiger partial charge in [-0.15, -0.1) is 0 Å². The van der Waals surface area contributed by atoms with Gasteiger partial charge >= 0.3 is 6.03 Å². The summed E-state index contributed by atoms with van der Waals surface area (Å²) in [4.78, 5) is 13.7. The Morgan fingerprint density at radius 3 is 2.84 bits per heavy atom. The Balaban J connectivity index is 2.33. The summed E-state index contributed by atoms with van der Waals surface area (Å²) in [6.45, 7) is 4.58. The van der Waals surface area contributed by atoms with E-state index >= 15 is 0 Å². The highest BCUT2D eigenvalue weighted by Gasteiger charge is 2.28. The molecule has 1 rings (SSSR count). The summed E-state index contributed by atoms with van der Waals surface area (Å²) in [5.74, 6) is 0.661. The number of urea groups is 1. The Hall–Kier alpha value is -0.770. The van der Waals surface area contributed by atoms with Gasteiger partial charge in [-0.25, -0.2) is 4.79 Å². The number of amides is 2.